The lowest BCUT2D eigenvalue weighted by molar-refractivity contribution is -0.113. The molecule has 2 rings (SSSR count). The molecule has 0 atom stereocenters. The van der Waals surface area contributed by atoms with E-state index < -0.39 is 0 Å². The molecule has 0 aliphatic heterocycles. The maximum Gasteiger partial charge on any atom is 0.234 e. The number of halogens is 1. The van der Waals surface area contributed by atoms with E-state index in [2.05, 4.69) is 5.32 Å². The summed E-state index contributed by atoms with van der Waals surface area (Å²) in [4.78, 5) is 12.9. The van der Waals surface area contributed by atoms with E-state index >= 15 is 0 Å². The maximum atomic E-state index is 12.0. The van der Waals surface area contributed by atoms with Crippen LogP contribution in [0.2, 0.25) is 5.02 Å². The molecule has 0 bridgehead atoms. The summed E-state index contributed by atoms with van der Waals surface area (Å²) in [6.07, 6.45) is 0. The molecule has 1 amide bonds. The molecule has 2 aromatic rings. The number of thioether (sulfide) groups is 1. The first-order chi connectivity index (χ1) is 9.95. The van der Waals surface area contributed by atoms with Crippen molar-refractivity contribution in [3.8, 4) is 0 Å². The van der Waals surface area contributed by atoms with Gasteiger partial charge in [-0.25, -0.2) is 0 Å². The van der Waals surface area contributed by atoms with Gasteiger partial charge in [-0.05, 0) is 43.7 Å². The van der Waals surface area contributed by atoms with E-state index in [1.165, 1.54) is 17.3 Å². The van der Waals surface area contributed by atoms with Crippen molar-refractivity contribution in [3.05, 3.63) is 52.5 Å². The lowest BCUT2D eigenvalue weighted by Crippen LogP contribution is -2.14. The number of carbonyl (C=O) groups excluding carboxylic acids is 1. The Balaban J connectivity index is 1.96. The second-order valence-electron chi connectivity index (χ2n) is 4.85. The number of anilines is 2. The van der Waals surface area contributed by atoms with Crippen LogP contribution in [-0.4, -0.2) is 11.7 Å². The Morgan fingerprint density at radius 2 is 2.00 bits per heavy atom. The Bertz CT molecular complexity index is 673. The standard InChI is InChI=1S/C16H17ClN2OS/c1-10-3-5-14(11(2)7-10)19-16(20)9-21-15-6-4-12(18)8-13(15)17/h3-8H,9,18H2,1-2H3,(H,19,20). The predicted octanol–water partition coefficient (Wildman–Crippen LogP) is 4.27. The van der Waals surface area contributed by atoms with Crippen LogP contribution >= 0.6 is 23.4 Å². The van der Waals surface area contributed by atoms with Crippen molar-refractivity contribution in [2.24, 2.45) is 0 Å². The van der Waals surface area contributed by atoms with Crippen LogP contribution < -0.4 is 11.1 Å². The third kappa shape index (κ3) is 4.41. The van der Waals surface area contributed by atoms with E-state index in [0.29, 0.717) is 16.5 Å². The first-order valence-electron chi connectivity index (χ1n) is 6.50. The Hall–Kier alpha value is -1.65. The first-order valence-corrected chi connectivity index (χ1v) is 7.87. The molecule has 0 saturated heterocycles. The second kappa shape index (κ2) is 6.87. The SMILES string of the molecule is Cc1ccc(NC(=O)CSc2ccc(N)cc2Cl)c(C)c1. The Kier molecular flexibility index (Phi) is 5.15. The van der Waals surface area contributed by atoms with Crippen LogP contribution in [0.4, 0.5) is 11.4 Å². The molecule has 3 N–H and O–H groups in total. The lowest BCUT2D eigenvalue weighted by atomic mass is 10.1. The number of nitrogens with one attached hydrogen (secondary N) is 1. The molecule has 0 saturated carbocycles. The molecule has 110 valence electrons. The fourth-order valence-electron chi connectivity index (χ4n) is 1.92. The quantitative estimate of drug-likeness (QED) is 0.653. The van der Waals surface area contributed by atoms with E-state index in [9.17, 15) is 4.79 Å². The van der Waals surface area contributed by atoms with Crippen molar-refractivity contribution in [3.63, 3.8) is 0 Å². The van der Waals surface area contributed by atoms with E-state index in [1.54, 1.807) is 12.1 Å². The van der Waals surface area contributed by atoms with Crippen molar-refractivity contribution >= 4 is 40.6 Å². The number of benzene rings is 2. The number of carbonyl (C=O) groups is 1. The van der Waals surface area contributed by atoms with Gasteiger partial charge < -0.3 is 11.1 Å². The summed E-state index contributed by atoms with van der Waals surface area (Å²) in [7, 11) is 0. The summed E-state index contributed by atoms with van der Waals surface area (Å²) in [5.74, 6) is 0.247. The number of aryl methyl sites for hydroxylation is 2. The van der Waals surface area contributed by atoms with E-state index in [1.807, 2.05) is 38.1 Å². The van der Waals surface area contributed by atoms with Crippen molar-refractivity contribution in [1.29, 1.82) is 0 Å². The van der Waals surface area contributed by atoms with Crippen molar-refractivity contribution < 1.29 is 4.79 Å². The molecule has 3 nitrogen and oxygen atoms in total. The van der Waals surface area contributed by atoms with Crippen LogP contribution in [0.25, 0.3) is 0 Å². The summed E-state index contributed by atoms with van der Waals surface area (Å²) in [6, 6.07) is 11.2. The normalized spacial score (nSPS) is 10.4. The van der Waals surface area contributed by atoms with Gasteiger partial charge in [-0.1, -0.05) is 29.3 Å². The minimum atomic E-state index is -0.0557. The van der Waals surface area contributed by atoms with Crippen LogP contribution in [0.5, 0.6) is 0 Å². The first kappa shape index (κ1) is 15.7. The molecule has 0 heterocycles. The van der Waals surface area contributed by atoms with Gasteiger partial charge >= 0.3 is 0 Å². The van der Waals surface area contributed by atoms with Gasteiger partial charge in [0.1, 0.15) is 0 Å². The van der Waals surface area contributed by atoms with Crippen molar-refractivity contribution in [2.75, 3.05) is 16.8 Å². The smallest absolute Gasteiger partial charge is 0.234 e. The summed E-state index contributed by atoms with van der Waals surface area (Å²) in [6.45, 7) is 4.00. The van der Waals surface area contributed by atoms with Crippen LogP contribution in [0.15, 0.2) is 41.3 Å². The summed E-state index contributed by atoms with van der Waals surface area (Å²) < 4.78 is 0. The molecule has 0 aliphatic carbocycles. The molecule has 0 radical (unpaired) electrons. The monoisotopic (exact) mass is 320 g/mol. The lowest BCUT2D eigenvalue weighted by Gasteiger charge is -2.09. The van der Waals surface area contributed by atoms with Crippen LogP contribution in [0.1, 0.15) is 11.1 Å². The van der Waals surface area contributed by atoms with E-state index in [-0.39, 0.29) is 5.91 Å². The fourth-order valence-corrected chi connectivity index (χ4v) is 2.99. The van der Waals surface area contributed by atoms with Gasteiger partial charge in [0.15, 0.2) is 0 Å². The highest BCUT2D eigenvalue weighted by Gasteiger charge is 2.08. The van der Waals surface area contributed by atoms with Crippen LogP contribution in [0.3, 0.4) is 0 Å². The minimum Gasteiger partial charge on any atom is -0.399 e. The van der Waals surface area contributed by atoms with Gasteiger partial charge in [0.2, 0.25) is 5.91 Å². The summed E-state index contributed by atoms with van der Waals surface area (Å²) in [5.41, 5.74) is 9.33. The molecule has 2 aromatic carbocycles. The van der Waals surface area contributed by atoms with Gasteiger partial charge in [0, 0.05) is 16.3 Å². The number of hydrogen-bond donors (Lipinski definition) is 2. The minimum absolute atomic E-state index is 0.0557. The highest BCUT2D eigenvalue weighted by Crippen LogP contribution is 2.29. The van der Waals surface area contributed by atoms with Crippen LogP contribution in [0, 0.1) is 13.8 Å². The molecule has 0 spiro atoms. The molecule has 0 fully saturated rings. The van der Waals surface area contributed by atoms with Crippen molar-refractivity contribution in [1.82, 2.24) is 0 Å². The largest absolute Gasteiger partial charge is 0.399 e. The van der Waals surface area contributed by atoms with Gasteiger partial charge in [0.25, 0.3) is 0 Å². The number of nitrogens with two attached hydrogens (primary N) is 1. The molecule has 0 unspecified atom stereocenters. The Labute approximate surface area is 133 Å². The zero-order valence-electron chi connectivity index (χ0n) is 11.9. The Morgan fingerprint density at radius 1 is 1.24 bits per heavy atom. The van der Waals surface area contributed by atoms with E-state index in [0.717, 1.165) is 16.1 Å². The van der Waals surface area contributed by atoms with Gasteiger partial charge in [0.05, 0.1) is 10.8 Å². The highest BCUT2D eigenvalue weighted by atomic mass is 35.5. The third-order valence-electron chi connectivity index (χ3n) is 2.97. The average molecular weight is 321 g/mol. The molecular formula is C16H17ClN2OS. The third-order valence-corrected chi connectivity index (χ3v) is 4.47. The number of nitrogen functional groups attached to an aromatic ring is 1. The van der Waals surface area contributed by atoms with E-state index in [4.69, 9.17) is 17.3 Å². The summed E-state index contributed by atoms with van der Waals surface area (Å²) in [5, 5.41) is 3.48. The van der Waals surface area contributed by atoms with Crippen LogP contribution in [-0.2, 0) is 4.79 Å². The number of amides is 1. The summed E-state index contributed by atoms with van der Waals surface area (Å²) >= 11 is 7.48. The van der Waals surface area contributed by atoms with Gasteiger partial charge in [-0.2, -0.15) is 0 Å². The molecule has 5 heteroatoms. The zero-order valence-corrected chi connectivity index (χ0v) is 13.5. The molecule has 0 aromatic heterocycles. The van der Waals surface area contributed by atoms with Gasteiger partial charge in [-0.15, -0.1) is 11.8 Å². The van der Waals surface area contributed by atoms with Gasteiger partial charge in [-0.3, -0.25) is 4.79 Å². The predicted molar refractivity (Wildman–Crippen MR) is 91.1 cm³/mol. The highest BCUT2D eigenvalue weighted by molar-refractivity contribution is 8.00. The molecule has 0 aliphatic rings. The second-order valence-corrected chi connectivity index (χ2v) is 6.27. The zero-order chi connectivity index (χ0) is 15.4. The average Bonchev–Trinajstić information content (AvgIpc) is 2.41. The maximum absolute atomic E-state index is 12.0. The number of hydrogen-bond acceptors (Lipinski definition) is 3. The Morgan fingerprint density at radius 3 is 2.67 bits per heavy atom. The molecular weight excluding hydrogens is 304 g/mol. The molecule has 21 heavy (non-hydrogen) atoms. The number of rotatable bonds is 4. The fraction of sp³-hybridized carbons (Fsp3) is 0.188. The van der Waals surface area contributed by atoms with Crippen molar-refractivity contribution in [2.45, 2.75) is 18.7 Å². The topological polar surface area (TPSA) is 55.1 Å².